The molecule has 0 N–H and O–H groups in total. The van der Waals surface area contributed by atoms with Crippen LogP contribution in [0.1, 0.15) is 34.1 Å². The van der Waals surface area contributed by atoms with Gasteiger partial charge >= 0.3 is 0 Å². The smallest absolute Gasteiger partial charge is 0.124 e. The molecule has 1 atom stereocenters. The highest BCUT2D eigenvalue weighted by molar-refractivity contribution is 5.70. The van der Waals surface area contributed by atoms with E-state index in [0.717, 1.165) is 33.7 Å². The van der Waals surface area contributed by atoms with Gasteiger partial charge in [0.05, 0.1) is 55.2 Å². The van der Waals surface area contributed by atoms with Gasteiger partial charge in [-0.3, -0.25) is 0 Å². The highest BCUT2D eigenvalue weighted by Gasteiger charge is 2.19. The highest BCUT2D eigenvalue weighted by Crippen LogP contribution is 2.32. The van der Waals surface area contributed by atoms with Gasteiger partial charge in [0, 0.05) is 7.05 Å². The van der Waals surface area contributed by atoms with Gasteiger partial charge in [0.25, 0.3) is 0 Å². The summed E-state index contributed by atoms with van der Waals surface area (Å²) in [7, 11) is 3.55. The molecule has 6 nitrogen and oxygen atoms in total. The number of benzene rings is 3. The maximum Gasteiger partial charge on any atom is 0.124 e. The second kappa shape index (κ2) is 9.82. The second-order valence-electron chi connectivity index (χ2n) is 7.57. The lowest BCUT2D eigenvalue weighted by atomic mass is 9.98. The van der Waals surface area contributed by atoms with Crippen LogP contribution in [0.3, 0.4) is 0 Å². The Bertz CT molecular complexity index is 1340. The second-order valence-corrected chi connectivity index (χ2v) is 7.57. The molecule has 162 valence electrons. The summed E-state index contributed by atoms with van der Waals surface area (Å²) in [5.74, 6) is 0.728. The predicted octanol–water partition coefficient (Wildman–Crippen LogP) is 5.15. The summed E-state index contributed by atoms with van der Waals surface area (Å²) in [6.45, 7) is 0.325. The molecule has 6 heteroatoms. The Balaban J connectivity index is 1.70. The van der Waals surface area contributed by atoms with Gasteiger partial charge in [0.2, 0.25) is 0 Å². The molecule has 33 heavy (non-hydrogen) atoms. The third-order valence-corrected chi connectivity index (χ3v) is 5.49. The molecule has 1 aromatic heterocycles. The standard InChI is InChI=1S/C27H22N4O2/c1-31-18-30-16-26(31)27(21-8-6-19(14-28)7-9-21)33-17-23-10-11-24(32-2)13-25(23)22-5-3-4-20(12-22)15-29/h3-13,16,18,27H,17H2,1-2H3. The Hall–Kier alpha value is -4.39. The summed E-state index contributed by atoms with van der Waals surface area (Å²) in [5, 5.41) is 18.5. The quantitative estimate of drug-likeness (QED) is 0.402. The van der Waals surface area contributed by atoms with Crippen LogP contribution in [-0.2, 0) is 18.4 Å². The van der Waals surface area contributed by atoms with Crippen LogP contribution < -0.4 is 4.74 Å². The normalized spacial score (nSPS) is 11.4. The Kier molecular flexibility index (Phi) is 6.50. The number of methoxy groups -OCH3 is 1. The van der Waals surface area contributed by atoms with Crippen LogP contribution >= 0.6 is 0 Å². The SMILES string of the molecule is COc1ccc(COC(c2ccc(C#N)cc2)c2cncn2C)c(-c2cccc(C#N)c2)c1. The fraction of sp³-hybridized carbons (Fsp3) is 0.148. The van der Waals surface area contributed by atoms with Crippen molar-refractivity contribution in [3.63, 3.8) is 0 Å². The number of hydrogen-bond acceptors (Lipinski definition) is 5. The van der Waals surface area contributed by atoms with Crippen LogP contribution in [0.5, 0.6) is 5.75 Å². The van der Waals surface area contributed by atoms with E-state index in [-0.39, 0.29) is 6.10 Å². The molecule has 0 radical (unpaired) electrons. The number of hydrogen-bond donors (Lipinski definition) is 0. The Morgan fingerprint density at radius 2 is 1.76 bits per heavy atom. The van der Waals surface area contributed by atoms with Gasteiger partial charge in [-0.15, -0.1) is 0 Å². The fourth-order valence-electron chi connectivity index (χ4n) is 3.71. The topological polar surface area (TPSA) is 83.9 Å². The number of ether oxygens (including phenoxy) is 2. The van der Waals surface area contributed by atoms with Crippen molar-refractivity contribution >= 4 is 0 Å². The van der Waals surface area contributed by atoms with Gasteiger partial charge in [0.1, 0.15) is 11.9 Å². The summed E-state index contributed by atoms with van der Waals surface area (Å²) in [4.78, 5) is 4.25. The predicted molar refractivity (Wildman–Crippen MR) is 124 cm³/mol. The zero-order valence-electron chi connectivity index (χ0n) is 18.4. The first-order valence-corrected chi connectivity index (χ1v) is 10.4. The van der Waals surface area contributed by atoms with Crippen molar-refractivity contribution < 1.29 is 9.47 Å². The third kappa shape index (κ3) is 4.77. The van der Waals surface area contributed by atoms with Crippen LogP contribution in [0.15, 0.2) is 79.3 Å². The molecule has 1 unspecified atom stereocenters. The molecule has 0 spiro atoms. The molecular formula is C27H22N4O2. The van der Waals surface area contributed by atoms with E-state index in [1.165, 1.54) is 0 Å². The zero-order chi connectivity index (χ0) is 23.2. The van der Waals surface area contributed by atoms with Gasteiger partial charge in [-0.1, -0.05) is 30.3 Å². The molecule has 0 fully saturated rings. The molecule has 0 saturated carbocycles. The van der Waals surface area contributed by atoms with Gasteiger partial charge in [-0.25, -0.2) is 4.98 Å². The maximum absolute atomic E-state index is 9.32. The average Bonchev–Trinajstić information content (AvgIpc) is 3.30. The molecule has 4 aromatic rings. The first kappa shape index (κ1) is 21.8. The molecular weight excluding hydrogens is 412 g/mol. The first-order chi connectivity index (χ1) is 16.1. The van der Waals surface area contributed by atoms with E-state index in [0.29, 0.717) is 17.7 Å². The minimum absolute atomic E-state index is 0.325. The zero-order valence-corrected chi connectivity index (χ0v) is 18.4. The molecule has 4 rings (SSSR count). The number of aromatic nitrogens is 2. The molecule has 0 saturated heterocycles. The van der Waals surface area contributed by atoms with Crippen molar-refractivity contribution in [2.75, 3.05) is 7.11 Å². The summed E-state index contributed by atoms with van der Waals surface area (Å²) < 4.78 is 13.8. The van der Waals surface area contributed by atoms with E-state index in [4.69, 9.17) is 14.7 Å². The van der Waals surface area contributed by atoms with E-state index in [9.17, 15) is 5.26 Å². The number of nitriles is 2. The van der Waals surface area contributed by atoms with Crippen LogP contribution in [-0.4, -0.2) is 16.7 Å². The summed E-state index contributed by atoms with van der Waals surface area (Å²) in [6, 6.07) is 25.0. The average molecular weight is 434 g/mol. The van der Waals surface area contributed by atoms with E-state index < -0.39 is 0 Å². The lowest BCUT2D eigenvalue weighted by molar-refractivity contribution is 0.0624. The lowest BCUT2D eigenvalue weighted by Crippen LogP contribution is -2.11. The molecule has 0 amide bonds. The minimum Gasteiger partial charge on any atom is -0.497 e. The van der Waals surface area contributed by atoms with Crippen LogP contribution in [0.2, 0.25) is 0 Å². The summed E-state index contributed by atoms with van der Waals surface area (Å²) in [5.41, 5.74) is 5.84. The molecule has 3 aromatic carbocycles. The van der Waals surface area contributed by atoms with Crippen LogP contribution in [0.25, 0.3) is 11.1 Å². The van der Waals surface area contributed by atoms with E-state index in [1.807, 2.05) is 60.1 Å². The molecule has 0 aliphatic carbocycles. The van der Waals surface area contributed by atoms with Gasteiger partial charge in [0.15, 0.2) is 0 Å². The number of imidazole rings is 1. The van der Waals surface area contributed by atoms with Crippen molar-refractivity contribution in [2.45, 2.75) is 12.7 Å². The summed E-state index contributed by atoms with van der Waals surface area (Å²) in [6.07, 6.45) is 3.15. The number of nitrogens with zero attached hydrogens (tertiary/aromatic N) is 4. The molecule has 1 heterocycles. The Morgan fingerprint density at radius 1 is 0.970 bits per heavy atom. The summed E-state index contributed by atoms with van der Waals surface area (Å²) >= 11 is 0. The van der Waals surface area contributed by atoms with Gasteiger partial charge < -0.3 is 14.0 Å². The first-order valence-electron chi connectivity index (χ1n) is 10.4. The van der Waals surface area contributed by atoms with E-state index in [1.54, 1.807) is 37.8 Å². The monoisotopic (exact) mass is 434 g/mol. The van der Waals surface area contributed by atoms with Crippen LogP contribution in [0.4, 0.5) is 0 Å². The van der Waals surface area contributed by atoms with Crippen molar-refractivity contribution in [1.82, 2.24) is 9.55 Å². The van der Waals surface area contributed by atoms with Crippen molar-refractivity contribution in [2.24, 2.45) is 7.05 Å². The van der Waals surface area contributed by atoms with Gasteiger partial charge in [-0.2, -0.15) is 10.5 Å². The maximum atomic E-state index is 9.32. The van der Waals surface area contributed by atoms with E-state index in [2.05, 4.69) is 17.1 Å². The Morgan fingerprint density at radius 3 is 2.42 bits per heavy atom. The number of rotatable bonds is 7. The third-order valence-electron chi connectivity index (χ3n) is 5.49. The van der Waals surface area contributed by atoms with E-state index >= 15 is 0 Å². The van der Waals surface area contributed by atoms with Crippen molar-refractivity contribution in [1.29, 1.82) is 10.5 Å². The van der Waals surface area contributed by atoms with Crippen molar-refractivity contribution in [3.05, 3.63) is 107 Å². The van der Waals surface area contributed by atoms with Gasteiger partial charge in [-0.05, 0) is 58.7 Å². The lowest BCUT2D eigenvalue weighted by Gasteiger charge is -2.20. The molecule has 0 aliphatic rings. The van der Waals surface area contributed by atoms with Crippen LogP contribution in [0, 0.1) is 22.7 Å². The molecule has 0 aliphatic heterocycles. The highest BCUT2D eigenvalue weighted by atomic mass is 16.5. The Labute approximate surface area is 192 Å². The van der Waals surface area contributed by atoms with Crippen molar-refractivity contribution in [3.8, 4) is 29.0 Å². The molecule has 0 bridgehead atoms. The number of aryl methyl sites for hydroxylation is 1. The fourth-order valence-corrected chi connectivity index (χ4v) is 3.71. The largest absolute Gasteiger partial charge is 0.497 e. The minimum atomic E-state index is -0.370.